The van der Waals surface area contributed by atoms with Gasteiger partial charge in [-0.25, -0.2) is 9.67 Å². The van der Waals surface area contributed by atoms with E-state index in [0.717, 1.165) is 0 Å². The van der Waals surface area contributed by atoms with E-state index in [1.807, 2.05) is 32.0 Å². The largest absolute Gasteiger partial charge is 0.335 e. The molecule has 8 heteroatoms. The maximum atomic E-state index is 13.0. The number of carbonyl (C=O) groups excluding carboxylic acids is 2. The zero-order valence-electron chi connectivity index (χ0n) is 15.4. The second-order valence-corrected chi connectivity index (χ2v) is 6.81. The molecule has 1 fully saturated rings. The lowest BCUT2D eigenvalue weighted by atomic mass is 10.2. The van der Waals surface area contributed by atoms with Gasteiger partial charge in [-0.2, -0.15) is 0 Å². The molecule has 0 spiro atoms. The number of aryl methyl sites for hydroxylation is 1. The Morgan fingerprint density at radius 3 is 2.70 bits per heavy atom. The predicted octanol–water partition coefficient (Wildman–Crippen LogP) is 2.34. The Balaban J connectivity index is 1.85. The maximum Gasteiger partial charge on any atom is 0.293 e. The molecule has 7 nitrogen and oxygen atoms in total. The minimum atomic E-state index is -0.242. The quantitative estimate of drug-likeness (QED) is 0.755. The van der Waals surface area contributed by atoms with Crippen LogP contribution in [0.3, 0.4) is 0 Å². The van der Waals surface area contributed by atoms with Crippen LogP contribution in [-0.4, -0.2) is 62.1 Å². The first-order chi connectivity index (χ1) is 13.0. The summed E-state index contributed by atoms with van der Waals surface area (Å²) >= 11 is 6.28. The van der Waals surface area contributed by atoms with Gasteiger partial charge in [0.15, 0.2) is 0 Å². The van der Waals surface area contributed by atoms with E-state index in [-0.39, 0.29) is 23.7 Å². The molecule has 2 heterocycles. The van der Waals surface area contributed by atoms with Crippen molar-refractivity contribution >= 4 is 23.4 Å². The lowest BCUT2D eigenvalue weighted by Gasteiger charge is -2.38. The summed E-state index contributed by atoms with van der Waals surface area (Å²) in [7, 11) is 0. The third-order valence-electron chi connectivity index (χ3n) is 4.64. The molecule has 1 aliphatic rings. The molecule has 2 amide bonds. The summed E-state index contributed by atoms with van der Waals surface area (Å²) in [5.74, 6) is 0.443. The minimum absolute atomic E-state index is 0.122. The van der Waals surface area contributed by atoms with Gasteiger partial charge >= 0.3 is 0 Å². The van der Waals surface area contributed by atoms with E-state index >= 15 is 0 Å². The van der Waals surface area contributed by atoms with Crippen molar-refractivity contribution in [3.05, 3.63) is 53.6 Å². The lowest BCUT2D eigenvalue weighted by molar-refractivity contribution is -0.128. The van der Waals surface area contributed by atoms with Crippen molar-refractivity contribution in [2.75, 3.05) is 19.6 Å². The van der Waals surface area contributed by atoms with Crippen LogP contribution in [0.4, 0.5) is 0 Å². The van der Waals surface area contributed by atoms with Gasteiger partial charge < -0.3 is 9.80 Å². The summed E-state index contributed by atoms with van der Waals surface area (Å²) in [6.07, 6.45) is 1.91. The Morgan fingerprint density at radius 1 is 1.33 bits per heavy atom. The summed E-state index contributed by atoms with van der Waals surface area (Å²) in [6.45, 7) is 8.73. The van der Waals surface area contributed by atoms with E-state index < -0.39 is 0 Å². The fraction of sp³-hybridized carbons (Fsp3) is 0.368. The van der Waals surface area contributed by atoms with Crippen LogP contribution in [0, 0.1) is 0 Å². The number of nitrogens with zero attached hydrogens (tertiary/aromatic N) is 5. The molecule has 2 aromatic rings. The van der Waals surface area contributed by atoms with Crippen molar-refractivity contribution in [1.82, 2.24) is 24.6 Å². The molecule has 0 aliphatic carbocycles. The molecule has 1 aromatic heterocycles. The summed E-state index contributed by atoms with van der Waals surface area (Å²) in [4.78, 5) is 32.6. The molecular formula is C19H22ClN5O2. The number of benzene rings is 1. The van der Waals surface area contributed by atoms with Gasteiger partial charge in [-0.15, -0.1) is 5.10 Å². The lowest BCUT2D eigenvalue weighted by Crippen LogP contribution is -2.55. The standard InChI is InChI=1S/C19H22ClN5O2/c1-4-16-21-18(22-25(16)15-9-7-6-8-14(15)20)19(27)24-11-10-23(12-13(24)3)17(26)5-2/h5-9,13H,2,4,10-12H2,1,3H3/t13-/m0/s1. The number of rotatable bonds is 4. The average Bonchev–Trinajstić information content (AvgIpc) is 3.11. The normalized spacial score (nSPS) is 17.1. The number of hydrogen-bond donors (Lipinski definition) is 0. The van der Waals surface area contributed by atoms with Crippen LogP contribution in [-0.2, 0) is 11.2 Å². The molecule has 1 atom stereocenters. The van der Waals surface area contributed by atoms with Crippen LogP contribution in [0.5, 0.6) is 0 Å². The molecule has 3 rings (SSSR count). The highest BCUT2D eigenvalue weighted by atomic mass is 35.5. The van der Waals surface area contributed by atoms with Crippen molar-refractivity contribution in [1.29, 1.82) is 0 Å². The Morgan fingerprint density at radius 2 is 2.07 bits per heavy atom. The Labute approximate surface area is 163 Å². The number of aromatic nitrogens is 3. The molecule has 142 valence electrons. The van der Waals surface area contributed by atoms with Gasteiger partial charge in [-0.3, -0.25) is 9.59 Å². The number of carbonyl (C=O) groups is 2. The van der Waals surface area contributed by atoms with Crippen molar-refractivity contribution in [3.8, 4) is 5.69 Å². The number of amides is 2. The molecule has 0 radical (unpaired) electrons. The van der Waals surface area contributed by atoms with Crippen molar-refractivity contribution < 1.29 is 9.59 Å². The molecule has 0 bridgehead atoms. The Kier molecular flexibility index (Phi) is 5.60. The summed E-state index contributed by atoms with van der Waals surface area (Å²) in [5.41, 5.74) is 0.692. The van der Waals surface area contributed by atoms with Crippen LogP contribution in [0.25, 0.3) is 5.69 Å². The molecule has 27 heavy (non-hydrogen) atoms. The van der Waals surface area contributed by atoms with E-state index in [4.69, 9.17) is 11.6 Å². The number of para-hydroxylation sites is 1. The van der Waals surface area contributed by atoms with Gasteiger partial charge in [0.05, 0.1) is 10.7 Å². The second kappa shape index (κ2) is 7.92. The molecule has 1 aliphatic heterocycles. The molecule has 0 unspecified atom stereocenters. The zero-order chi connectivity index (χ0) is 19.6. The van der Waals surface area contributed by atoms with Gasteiger partial charge in [0.1, 0.15) is 5.82 Å². The van der Waals surface area contributed by atoms with E-state index in [2.05, 4.69) is 16.7 Å². The monoisotopic (exact) mass is 387 g/mol. The highest BCUT2D eigenvalue weighted by molar-refractivity contribution is 6.32. The maximum absolute atomic E-state index is 13.0. The van der Waals surface area contributed by atoms with Crippen molar-refractivity contribution in [3.63, 3.8) is 0 Å². The Bertz CT molecular complexity index is 879. The SMILES string of the molecule is C=CC(=O)N1CCN(C(=O)c2nc(CC)n(-c3ccccc3Cl)n2)[C@@H](C)C1. The van der Waals surface area contributed by atoms with Gasteiger partial charge in [0.2, 0.25) is 11.7 Å². The third-order valence-corrected chi connectivity index (χ3v) is 4.96. The van der Waals surface area contributed by atoms with Crippen LogP contribution >= 0.6 is 11.6 Å². The van der Waals surface area contributed by atoms with Crippen LogP contribution < -0.4 is 0 Å². The fourth-order valence-electron chi connectivity index (χ4n) is 3.20. The number of piperazine rings is 1. The van der Waals surface area contributed by atoms with Crippen molar-refractivity contribution in [2.24, 2.45) is 0 Å². The summed E-state index contributed by atoms with van der Waals surface area (Å²) in [6, 6.07) is 7.19. The Hall–Kier alpha value is -2.67. The first kappa shape index (κ1) is 19.1. The van der Waals surface area contributed by atoms with Gasteiger partial charge in [-0.05, 0) is 25.1 Å². The fourth-order valence-corrected chi connectivity index (χ4v) is 3.41. The van der Waals surface area contributed by atoms with Crippen LogP contribution in [0.15, 0.2) is 36.9 Å². The molecule has 1 aromatic carbocycles. The van der Waals surface area contributed by atoms with E-state index in [0.29, 0.717) is 42.6 Å². The number of halogens is 1. The van der Waals surface area contributed by atoms with E-state index in [9.17, 15) is 9.59 Å². The average molecular weight is 388 g/mol. The van der Waals surface area contributed by atoms with Gasteiger partial charge in [0.25, 0.3) is 5.91 Å². The van der Waals surface area contributed by atoms with Crippen LogP contribution in [0.2, 0.25) is 5.02 Å². The van der Waals surface area contributed by atoms with Crippen molar-refractivity contribution in [2.45, 2.75) is 26.3 Å². The van der Waals surface area contributed by atoms with E-state index in [1.165, 1.54) is 6.08 Å². The third kappa shape index (κ3) is 3.73. The highest BCUT2D eigenvalue weighted by Gasteiger charge is 2.32. The molecule has 1 saturated heterocycles. The number of hydrogen-bond acceptors (Lipinski definition) is 4. The first-order valence-corrected chi connectivity index (χ1v) is 9.27. The van der Waals surface area contributed by atoms with E-state index in [1.54, 1.807) is 20.5 Å². The summed E-state index contributed by atoms with van der Waals surface area (Å²) in [5, 5.41) is 4.97. The smallest absolute Gasteiger partial charge is 0.293 e. The van der Waals surface area contributed by atoms with Crippen LogP contribution in [0.1, 0.15) is 30.3 Å². The highest BCUT2D eigenvalue weighted by Crippen LogP contribution is 2.21. The van der Waals surface area contributed by atoms with Gasteiger partial charge in [0, 0.05) is 32.1 Å². The molecular weight excluding hydrogens is 366 g/mol. The minimum Gasteiger partial charge on any atom is -0.335 e. The second-order valence-electron chi connectivity index (χ2n) is 6.40. The molecule has 0 N–H and O–H groups in total. The predicted molar refractivity (Wildman–Crippen MR) is 103 cm³/mol. The first-order valence-electron chi connectivity index (χ1n) is 8.89. The zero-order valence-corrected chi connectivity index (χ0v) is 16.2. The topological polar surface area (TPSA) is 71.3 Å². The van der Waals surface area contributed by atoms with Gasteiger partial charge in [-0.1, -0.05) is 37.2 Å². The summed E-state index contributed by atoms with van der Waals surface area (Å²) < 4.78 is 1.62. The molecule has 0 saturated carbocycles.